The van der Waals surface area contributed by atoms with Crippen molar-refractivity contribution in [1.29, 1.82) is 0 Å². The molecule has 2 atom stereocenters. The van der Waals surface area contributed by atoms with Crippen molar-refractivity contribution in [1.82, 2.24) is 19.3 Å². The standard InChI is InChI=1S/C25H24F3N7O4S/c1-13-21(28)22(39-3)32-24(31-13)35-11-20-25(12-35,33-23(29)34(2)40(20,37)38)16-8-14(4-6-17(16)27)9-19(36)18-7-5-15(26)10-30-18/h4-8,10,20H,9,11-12H2,1-3H3,(H2,29,33). The molecule has 2 unspecified atom stereocenters. The van der Waals surface area contributed by atoms with Gasteiger partial charge in [0, 0.05) is 25.6 Å². The average Bonchev–Trinajstić information content (AvgIpc) is 3.32. The highest BCUT2D eigenvalue weighted by Crippen LogP contribution is 2.45. The van der Waals surface area contributed by atoms with E-state index < -0.39 is 44.0 Å². The largest absolute Gasteiger partial charge is 0.479 e. The maximum Gasteiger partial charge on any atom is 0.255 e. The van der Waals surface area contributed by atoms with Crippen molar-refractivity contribution in [2.75, 3.05) is 32.1 Å². The lowest BCUT2D eigenvalue weighted by Gasteiger charge is -2.38. The van der Waals surface area contributed by atoms with Crippen molar-refractivity contribution in [3.63, 3.8) is 0 Å². The number of pyridine rings is 1. The van der Waals surface area contributed by atoms with Gasteiger partial charge in [0.1, 0.15) is 28.1 Å². The quantitative estimate of drug-likeness (QED) is 0.435. The Labute approximate surface area is 227 Å². The van der Waals surface area contributed by atoms with Gasteiger partial charge in [-0.1, -0.05) is 6.07 Å². The van der Waals surface area contributed by atoms with Crippen LogP contribution in [0.1, 0.15) is 27.3 Å². The molecule has 3 aromatic rings. The molecule has 0 spiro atoms. The van der Waals surface area contributed by atoms with E-state index in [2.05, 4.69) is 19.9 Å². The third kappa shape index (κ3) is 4.39. The fourth-order valence-electron chi connectivity index (χ4n) is 4.95. The lowest BCUT2D eigenvalue weighted by Crippen LogP contribution is -2.57. The number of hydrogen-bond acceptors (Lipinski definition) is 10. The second-order valence-electron chi connectivity index (χ2n) is 9.48. The molecule has 4 heterocycles. The molecule has 40 heavy (non-hydrogen) atoms. The molecular formula is C25H24F3N7O4S. The van der Waals surface area contributed by atoms with Gasteiger partial charge in [0.05, 0.1) is 25.5 Å². The van der Waals surface area contributed by atoms with Crippen LogP contribution in [0.3, 0.4) is 0 Å². The fraction of sp³-hybridized carbons (Fsp3) is 0.320. The third-order valence-corrected chi connectivity index (χ3v) is 9.26. The fourth-order valence-corrected chi connectivity index (χ4v) is 6.75. The van der Waals surface area contributed by atoms with Crippen molar-refractivity contribution in [3.05, 3.63) is 76.5 Å². The number of nitrogens with zero attached hydrogens (tertiary/aromatic N) is 6. The zero-order valence-corrected chi connectivity index (χ0v) is 22.4. The number of ketones is 1. The molecule has 11 nitrogen and oxygen atoms in total. The highest BCUT2D eigenvalue weighted by atomic mass is 32.2. The Kier molecular flexibility index (Phi) is 6.64. The highest BCUT2D eigenvalue weighted by molar-refractivity contribution is 7.90. The summed E-state index contributed by atoms with van der Waals surface area (Å²) in [5.74, 6) is -3.34. The van der Waals surface area contributed by atoms with E-state index in [4.69, 9.17) is 10.5 Å². The maximum absolute atomic E-state index is 15.6. The van der Waals surface area contributed by atoms with Crippen molar-refractivity contribution in [2.24, 2.45) is 10.7 Å². The number of aryl methyl sites for hydroxylation is 1. The summed E-state index contributed by atoms with van der Waals surface area (Å²) >= 11 is 0. The Morgan fingerprint density at radius 1 is 1.20 bits per heavy atom. The molecule has 210 valence electrons. The lowest BCUT2D eigenvalue weighted by molar-refractivity contribution is 0.0988. The summed E-state index contributed by atoms with van der Waals surface area (Å²) in [5.41, 5.74) is 4.48. The van der Waals surface area contributed by atoms with Crippen LogP contribution in [-0.4, -0.2) is 71.9 Å². The first-order chi connectivity index (χ1) is 18.9. The molecule has 1 saturated heterocycles. The van der Waals surface area contributed by atoms with Crippen molar-refractivity contribution < 1.29 is 31.1 Å². The van der Waals surface area contributed by atoms with Crippen LogP contribution in [0.4, 0.5) is 19.1 Å². The molecule has 2 aliphatic heterocycles. The van der Waals surface area contributed by atoms with Crippen molar-refractivity contribution in [3.8, 4) is 5.88 Å². The van der Waals surface area contributed by atoms with Crippen LogP contribution < -0.4 is 15.4 Å². The maximum atomic E-state index is 15.6. The first-order valence-electron chi connectivity index (χ1n) is 12.0. The number of benzene rings is 1. The first kappa shape index (κ1) is 27.3. The molecule has 2 aromatic heterocycles. The Balaban J connectivity index is 1.61. The minimum Gasteiger partial charge on any atom is -0.479 e. The van der Waals surface area contributed by atoms with Gasteiger partial charge < -0.3 is 15.4 Å². The second kappa shape index (κ2) is 9.73. The summed E-state index contributed by atoms with van der Waals surface area (Å²) in [5, 5.41) is -1.34. The minimum atomic E-state index is -4.17. The van der Waals surface area contributed by atoms with E-state index in [1.807, 2.05) is 0 Å². The number of nitrogens with two attached hydrogens (primary N) is 1. The summed E-state index contributed by atoms with van der Waals surface area (Å²) in [6, 6.07) is 6.19. The Bertz CT molecular complexity index is 1650. The third-order valence-electron chi connectivity index (χ3n) is 7.05. The van der Waals surface area contributed by atoms with Crippen LogP contribution in [-0.2, 0) is 22.0 Å². The number of Topliss-reactive ketones (excluding diaryl/α,β-unsaturated/α-hetero) is 1. The normalized spacial score (nSPS) is 21.6. The lowest BCUT2D eigenvalue weighted by atomic mass is 9.86. The van der Waals surface area contributed by atoms with Gasteiger partial charge in [0.15, 0.2) is 5.78 Å². The molecule has 0 bridgehead atoms. The van der Waals surface area contributed by atoms with E-state index in [-0.39, 0.29) is 54.2 Å². The van der Waals surface area contributed by atoms with Crippen molar-refractivity contribution in [2.45, 2.75) is 24.1 Å². The van der Waals surface area contributed by atoms with E-state index in [1.165, 1.54) is 44.2 Å². The predicted molar refractivity (Wildman–Crippen MR) is 138 cm³/mol. The number of methoxy groups -OCH3 is 1. The molecule has 15 heteroatoms. The molecule has 5 rings (SSSR count). The number of guanidine groups is 1. The number of carbonyl (C=O) groups is 1. The number of sulfonamides is 1. The van der Waals surface area contributed by atoms with Crippen LogP contribution in [0.15, 0.2) is 41.5 Å². The minimum absolute atomic E-state index is 0.0114. The summed E-state index contributed by atoms with van der Waals surface area (Å²) in [6.45, 7) is 0.950. The van der Waals surface area contributed by atoms with Gasteiger partial charge in [-0.05, 0) is 36.8 Å². The van der Waals surface area contributed by atoms with Gasteiger partial charge >= 0.3 is 0 Å². The summed E-state index contributed by atoms with van der Waals surface area (Å²) in [7, 11) is -1.70. The van der Waals surface area contributed by atoms with E-state index >= 15 is 4.39 Å². The van der Waals surface area contributed by atoms with E-state index in [0.717, 1.165) is 22.6 Å². The number of rotatable bonds is 6. The van der Waals surface area contributed by atoms with E-state index in [9.17, 15) is 22.0 Å². The molecule has 2 aliphatic rings. The first-order valence-corrected chi connectivity index (χ1v) is 13.5. The molecule has 0 saturated carbocycles. The van der Waals surface area contributed by atoms with Crippen LogP contribution in [0, 0.1) is 24.4 Å². The predicted octanol–water partition coefficient (Wildman–Crippen LogP) is 1.71. The Morgan fingerprint density at radius 3 is 2.62 bits per heavy atom. The molecule has 0 aliphatic carbocycles. The van der Waals surface area contributed by atoms with Gasteiger partial charge in [-0.2, -0.15) is 9.37 Å². The molecule has 2 N–H and O–H groups in total. The second-order valence-corrected chi connectivity index (χ2v) is 11.6. The molecule has 0 radical (unpaired) electrons. The zero-order chi connectivity index (χ0) is 29.0. The van der Waals surface area contributed by atoms with Crippen LogP contribution >= 0.6 is 0 Å². The van der Waals surface area contributed by atoms with Gasteiger partial charge in [-0.15, -0.1) is 0 Å². The summed E-state index contributed by atoms with van der Waals surface area (Å²) < 4.78 is 76.2. The number of halogens is 3. The number of carbonyl (C=O) groups excluding carboxylic acids is 1. The summed E-state index contributed by atoms with van der Waals surface area (Å²) in [4.78, 5) is 30.7. The Morgan fingerprint density at radius 2 is 1.95 bits per heavy atom. The Hall–Kier alpha value is -4.27. The number of fused-ring (bicyclic) bond motifs is 1. The topological polar surface area (TPSA) is 144 Å². The highest BCUT2D eigenvalue weighted by Gasteiger charge is 2.60. The number of aromatic nitrogens is 3. The van der Waals surface area contributed by atoms with Crippen molar-refractivity contribution >= 4 is 27.7 Å². The molecule has 0 amide bonds. The van der Waals surface area contributed by atoms with E-state index in [1.54, 1.807) is 0 Å². The van der Waals surface area contributed by atoms with Gasteiger partial charge in [-0.3, -0.25) is 9.78 Å². The molecular weight excluding hydrogens is 551 g/mol. The molecule has 1 fully saturated rings. The number of aliphatic imine (C=N–C) groups is 1. The van der Waals surface area contributed by atoms with Gasteiger partial charge in [0.2, 0.25) is 27.7 Å². The van der Waals surface area contributed by atoms with Crippen LogP contribution in [0.5, 0.6) is 5.88 Å². The van der Waals surface area contributed by atoms with Gasteiger partial charge in [-0.25, -0.2) is 31.5 Å². The van der Waals surface area contributed by atoms with Crippen LogP contribution in [0.2, 0.25) is 0 Å². The number of hydrogen-bond donors (Lipinski definition) is 1. The summed E-state index contributed by atoms with van der Waals surface area (Å²) in [6.07, 6.45) is 0.689. The monoisotopic (exact) mass is 575 g/mol. The van der Waals surface area contributed by atoms with Crippen LogP contribution in [0.25, 0.3) is 0 Å². The molecule has 1 aromatic carbocycles. The number of ether oxygens (including phenoxy) is 1. The van der Waals surface area contributed by atoms with E-state index in [0.29, 0.717) is 5.56 Å². The smallest absolute Gasteiger partial charge is 0.255 e. The average molecular weight is 576 g/mol. The SMILES string of the molecule is COc1nc(N2CC3C(c4cc(CC(=O)c5ccc(F)cn5)ccc4F)(C2)N=C(N)N(C)S3(=O)=O)nc(C)c1F. The van der Waals surface area contributed by atoms with Gasteiger partial charge in [0.25, 0.3) is 5.88 Å². The zero-order valence-electron chi connectivity index (χ0n) is 21.6. The number of anilines is 1.